The van der Waals surface area contributed by atoms with E-state index in [0.29, 0.717) is 0 Å². The molecule has 0 aliphatic carbocycles. The van der Waals surface area contributed by atoms with Crippen molar-refractivity contribution in [1.82, 2.24) is 0 Å². The van der Waals surface area contributed by atoms with Gasteiger partial charge in [0, 0.05) is 5.69 Å². The molecule has 3 rings (SSSR count). The summed E-state index contributed by atoms with van der Waals surface area (Å²) in [5.74, 6) is -1.42. The highest BCUT2D eigenvalue weighted by atomic mass is 19.1. The number of aryl methyl sites for hydroxylation is 1. The molecular weight excluding hydrogens is 283 g/mol. The molecule has 1 fully saturated rings. The van der Waals surface area contributed by atoms with Crippen LogP contribution in [-0.2, 0) is 9.59 Å². The lowest BCUT2D eigenvalue weighted by atomic mass is 10.1. The lowest BCUT2D eigenvalue weighted by Crippen LogP contribution is -2.35. The summed E-state index contributed by atoms with van der Waals surface area (Å²) in [7, 11) is 0. The molecule has 0 saturated carbocycles. The number of para-hydroxylation sites is 2. The van der Waals surface area contributed by atoms with Crippen molar-refractivity contribution in [1.29, 1.82) is 0 Å². The number of nitrogens with one attached hydrogen (secondary N) is 1. The summed E-state index contributed by atoms with van der Waals surface area (Å²) in [6.07, 6.45) is 0.0154. The molecule has 5 heteroatoms. The molecule has 1 N–H and O–H groups in total. The standard InChI is InChI=1S/C17H15FN2O2/c1-11-6-2-4-8-13(11)19-14-10-16(21)20(17(14)22)15-9-5-3-7-12(15)18/h2-9,14,19H,10H2,1H3/t14-/m0/s1. The Bertz CT molecular complexity index is 745. The van der Waals surface area contributed by atoms with Crippen LogP contribution in [0.3, 0.4) is 0 Å². The number of carbonyl (C=O) groups is 2. The molecular formula is C17H15FN2O2. The number of hydrogen-bond donors (Lipinski definition) is 1. The van der Waals surface area contributed by atoms with Gasteiger partial charge in [0.1, 0.15) is 11.9 Å². The van der Waals surface area contributed by atoms with Crippen LogP contribution in [0.5, 0.6) is 0 Å². The van der Waals surface area contributed by atoms with Crippen LogP contribution in [0.25, 0.3) is 0 Å². The number of halogens is 1. The van der Waals surface area contributed by atoms with Crippen LogP contribution < -0.4 is 10.2 Å². The van der Waals surface area contributed by atoms with E-state index >= 15 is 0 Å². The predicted octanol–water partition coefficient (Wildman–Crippen LogP) is 2.88. The molecule has 0 spiro atoms. The molecule has 4 nitrogen and oxygen atoms in total. The van der Waals surface area contributed by atoms with Crippen molar-refractivity contribution < 1.29 is 14.0 Å². The Labute approximate surface area is 127 Å². The smallest absolute Gasteiger partial charge is 0.256 e. The molecule has 1 saturated heterocycles. The first-order chi connectivity index (χ1) is 10.6. The van der Waals surface area contributed by atoms with Gasteiger partial charge < -0.3 is 5.32 Å². The van der Waals surface area contributed by atoms with Gasteiger partial charge in [0.25, 0.3) is 5.91 Å². The zero-order valence-corrected chi connectivity index (χ0v) is 12.0. The maximum Gasteiger partial charge on any atom is 0.256 e. The molecule has 2 aromatic rings. The summed E-state index contributed by atoms with van der Waals surface area (Å²) in [6.45, 7) is 1.91. The monoisotopic (exact) mass is 298 g/mol. The lowest BCUT2D eigenvalue weighted by molar-refractivity contribution is -0.121. The van der Waals surface area contributed by atoms with Crippen molar-refractivity contribution in [3.8, 4) is 0 Å². The van der Waals surface area contributed by atoms with Crippen molar-refractivity contribution in [3.05, 3.63) is 59.9 Å². The Morgan fingerprint density at radius 1 is 1.09 bits per heavy atom. The highest BCUT2D eigenvalue weighted by molar-refractivity contribution is 6.23. The van der Waals surface area contributed by atoms with Crippen LogP contribution in [0, 0.1) is 12.7 Å². The third-order valence-corrected chi connectivity index (χ3v) is 3.71. The molecule has 0 aromatic heterocycles. The van der Waals surface area contributed by atoms with Gasteiger partial charge in [-0.25, -0.2) is 9.29 Å². The molecule has 0 unspecified atom stereocenters. The van der Waals surface area contributed by atoms with Gasteiger partial charge in [-0.3, -0.25) is 9.59 Å². The summed E-state index contributed by atoms with van der Waals surface area (Å²) in [5.41, 5.74) is 1.78. The second-order valence-corrected chi connectivity index (χ2v) is 5.23. The van der Waals surface area contributed by atoms with Gasteiger partial charge in [-0.1, -0.05) is 30.3 Å². The number of anilines is 2. The molecule has 1 aliphatic heterocycles. The van der Waals surface area contributed by atoms with Crippen LogP contribution in [0.15, 0.2) is 48.5 Å². The van der Waals surface area contributed by atoms with Crippen molar-refractivity contribution in [2.75, 3.05) is 10.2 Å². The van der Waals surface area contributed by atoms with E-state index in [1.54, 1.807) is 6.07 Å². The van der Waals surface area contributed by atoms with Crippen molar-refractivity contribution in [3.63, 3.8) is 0 Å². The Morgan fingerprint density at radius 3 is 2.50 bits per heavy atom. The minimum atomic E-state index is -0.673. The van der Waals surface area contributed by atoms with E-state index in [-0.39, 0.29) is 12.1 Å². The molecule has 2 aromatic carbocycles. The van der Waals surface area contributed by atoms with Crippen molar-refractivity contribution in [2.45, 2.75) is 19.4 Å². The number of carbonyl (C=O) groups excluding carboxylic acids is 2. The second kappa shape index (κ2) is 5.60. The SMILES string of the molecule is Cc1ccccc1N[C@H]1CC(=O)N(c2ccccc2F)C1=O. The molecule has 1 aliphatic rings. The van der Waals surface area contributed by atoms with E-state index in [2.05, 4.69) is 5.32 Å². The van der Waals surface area contributed by atoms with Gasteiger partial charge >= 0.3 is 0 Å². The first-order valence-electron chi connectivity index (χ1n) is 7.01. The topological polar surface area (TPSA) is 49.4 Å². The first-order valence-corrected chi connectivity index (χ1v) is 7.01. The maximum atomic E-state index is 13.8. The quantitative estimate of drug-likeness (QED) is 0.886. The van der Waals surface area contributed by atoms with Gasteiger partial charge in [-0.2, -0.15) is 0 Å². The fourth-order valence-corrected chi connectivity index (χ4v) is 2.55. The largest absolute Gasteiger partial charge is 0.373 e. The van der Waals surface area contributed by atoms with Crippen LogP contribution in [-0.4, -0.2) is 17.9 Å². The number of nitrogens with zero attached hydrogens (tertiary/aromatic N) is 1. The zero-order valence-electron chi connectivity index (χ0n) is 12.0. The Hall–Kier alpha value is -2.69. The highest BCUT2D eigenvalue weighted by Crippen LogP contribution is 2.27. The van der Waals surface area contributed by atoms with Gasteiger partial charge in [0.05, 0.1) is 12.1 Å². The number of imide groups is 1. The van der Waals surface area contributed by atoms with E-state index in [0.717, 1.165) is 16.2 Å². The number of amides is 2. The van der Waals surface area contributed by atoms with E-state index < -0.39 is 23.7 Å². The van der Waals surface area contributed by atoms with E-state index in [1.165, 1.54) is 18.2 Å². The Morgan fingerprint density at radius 2 is 1.77 bits per heavy atom. The summed E-state index contributed by atoms with van der Waals surface area (Å²) in [4.78, 5) is 25.5. The first kappa shape index (κ1) is 14.3. The second-order valence-electron chi connectivity index (χ2n) is 5.23. The Balaban J connectivity index is 1.86. The Kier molecular flexibility index (Phi) is 3.63. The minimum absolute atomic E-state index is 0.00610. The van der Waals surface area contributed by atoms with E-state index in [4.69, 9.17) is 0 Å². The fourth-order valence-electron chi connectivity index (χ4n) is 2.55. The molecule has 2 amide bonds. The number of hydrogen-bond acceptors (Lipinski definition) is 3. The molecule has 0 bridgehead atoms. The zero-order chi connectivity index (χ0) is 15.7. The minimum Gasteiger partial charge on any atom is -0.373 e. The van der Waals surface area contributed by atoms with Gasteiger partial charge in [-0.15, -0.1) is 0 Å². The van der Waals surface area contributed by atoms with E-state index in [1.807, 2.05) is 31.2 Å². The van der Waals surface area contributed by atoms with Crippen molar-refractivity contribution >= 4 is 23.2 Å². The molecule has 22 heavy (non-hydrogen) atoms. The lowest BCUT2D eigenvalue weighted by Gasteiger charge is -2.17. The van der Waals surface area contributed by atoms with Crippen LogP contribution >= 0.6 is 0 Å². The van der Waals surface area contributed by atoms with Crippen LogP contribution in [0.1, 0.15) is 12.0 Å². The average molecular weight is 298 g/mol. The summed E-state index contributed by atoms with van der Waals surface area (Å²) >= 11 is 0. The molecule has 1 atom stereocenters. The fraction of sp³-hybridized carbons (Fsp3) is 0.176. The number of benzene rings is 2. The normalized spacial score (nSPS) is 17.9. The average Bonchev–Trinajstić information content (AvgIpc) is 2.77. The van der Waals surface area contributed by atoms with Gasteiger partial charge in [-0.05, 0) is 30.7 Å². The third-order valence-electron chi connectivity index (χ3n) is 3.71. The molecule has 0 radical (unpaired) electrons. The summed E-state index contributed by atoms with van der Waals surface area (Å²) in [6, 6.07) is 12.6. The maximum absolute atomic E-state index is 13.8. The summed E-state index contributed by atoms with van der Waals surface area (Å²) in [5, 5.41) is 3.07. The summed E-state index contributed by atoms with van der Waals surface area (Å²) < 4.78 is 13.8. The van der Waals surface area contributed by atoms with Gasteiger partial charge in [0.2, 0.25) is 5.91 Å². The van der Waals surface area contributed by atoms with Crippen molar-refractivity contribution in [2.24, 2.45) is 0 Å². The number of rotatable bonds is 3. The predicted molar refractivity (Wildman–Crippen MR) is 82.1 cm³/mol. The third kappa shape index (κ3) is 2.45. The van der Waals surface area contributed by atoms with Crippen LogP contribution in [0.2, 0.25) is 0 Å². The van der Waals surface area contributed by atoms with Gasteiger partial charge in [0.15, 0.2) is 0 Å². The molecule has 112 valence electrons. The molecule has 1 heterocycles. The highest BCUT2D eigenvalue weighted by Gasteiger charge is 2.40. The van der Waals surface area contributed by atoms with Crippen LogP contribution in [0.4, 0.5) is 15.8 Å². The van der Waals surface area contributed by atoms with E-state index in [9.17, 15) is 14.0 Å².